The molecule has 24 heavy (non-hydrogen) atoms. The van der Waals surface area contributed by atoms with Gasteiger partial charge in [0.1, 0.15) is 5.76 Å². The summed E-state index contributed by atoms with van der Waals surface area (Å²) in [4.78, 5) is 26.2. The Morgan fingerprint density at radius 3 is 2.67 bits per heavy atom. The molecule has 1 aromatic heterocycles. The molecule has 2 saturated heterocycles. The van der Waals surface area contributed by atoms with Gasteiger partial charge in [-0.1, -0.05) is 0 Å². The molecule has 7 heteroatoms. The number of nitrogens with one attached hydrogen (secondary N) is 2. The lowest BCUT2D eigenvalue weighted by Gasteiger charge is -2.35. The Morgan fingerprint density at radius 1 is 1.21 bits per heavy atom. The zero-order valence-electron chi connectivity index (χ0n) is 13.8. The maximum atomic E-state index is 11.9. The van der Waals surface area contributed by atoms with Crippen LogP contribution in [0.5, 0.6) is 0 Å². The number of likely N-dealkylation sites (tertiary alicyclic amines) is 1. The summed E-state index contributed by atoms with van der Waals surface area (Å²) >= 11 is 2.05. The van der Waals surface area contributed by atoms with Gasteiger partial charge in [0.05, 0.1) is 12.8 Å². The third kappa shape index (κ3) is 4.77. The van der Waals surface area contributed by atoms with Crippen LogP contribution in [0, 0.1) is 5.92 Å². The Labute approximate surface area is 146 Å². The van der Waals surface area contributed by atoms with E-state index in [2.05, 4.69) is 15.5 Å². The highest BCUT2D eigenvalue weighted by molar-refractivity contribution is 7.99. The van der Waals surface area contributed by atoms with Gasteiger partial charge >= 0.3 is 11.8 Å². The quantitative estimate of drug-likeness (QED) is 0.781. The summed E-state index contributed by atoms with van der Waals surface area (Å²) in [6, 6.07) is 4.26. The lowest BCUT2D eigenvalue weighted by atomic mass is 9.95. The second-order valence-electron chi connectivity index (χ2n) is 6.47. The van der Waals surface area contributed by atoms with Crippen molar-refractivity contribution in [3.05, 3.63) is 24.2 Å². The van der Waals surface area contributed by atoms with Crippen molar-refractivity contribution in [2.24, 2.45) is 5.92 Å². The van der Waals surface area contributed by atoms with Crippen molar-refractivity contribution < 1.29 is 14.0 Å². The van der Waals surface area contributed by atoms with Gasteiger partial charge in [-0.05, 0) is 56.2 Å². The number of nitrogens with zero attached hydrogens (tertiary/aromatic N) is 1. The van der Waals surface area contributed by atoms with Gasteiger partial charge in [0, 0.05) is 18.3 Å². The van der Waals surface area contributed by atoms with Crippen LogP contribution in [0.1, 0.15) is 25.0 Å². The molecule has 2 fully saturated rings. The molecule has 0 aromatic carbocycles. The van der Waals surface area contributed by atoms with Gasteiger partial charge in [-0.2, -0.15) is 11.8 Å². The monoisotopic (exact) mass is 351 g/mol. The summed E-state index contributed by atoms with van der Waals surface area (Å²) in [5, 5.41) is 5.32. The van der Waals surface area contributed by atoms with Crippen LogP contribution in [-0.4, -0.2) is 53.9 Å². The van der Waals surface area contributed by atoms with Crippen molar-refractivity contribution in [2.75, 3.05) is 31.1 Å². The van der Waals surface area contributed by atoms with Crippen molar-refractivity contribution in [1.82, 2.24) is 15.5 Å². The number of carbonyl (C=O) groups is 2. The highest BCUT2D eigenvalue weighted by Crippen LogP contribution is 2.26. The molecule has 2 aliphatic heterocycles. The molecule has 0 radical (unpaired) electrons. The van der Waals surface area contributed by atoms with E-state index >= 15 is 0 Å². The lowest BCUT2D eigenvalue weighted by molar-refractivity contribution is -0.139. The minimum atomic E-state index is -0.605. The average Bonchev–Trinajstić information content (AvgIpc) is 3.31. The molecule has 0 bridgehead atoms. The standard InChI is InChI=1S/C17H25N3O3S/c21-16(17(22)19-11-15-2-1-8-23-15)18-10-13-3-6-20(7-4-13)14-5-9-24-12-14/h1-2,8,13-14H,3-7,9-12H2,(H,18,21)(H,19,22). The van der Waals surface area contributed by atoms with Gasteiger partial charge in [0.15, 0.2) is 0 Å². The fraction of sp³-hybridized carbons (Fsp3) is 0.647. The summed E-state index contributed by atoms with van der Waals surface area (Å²) in [7, 11) is 0. The van der Waals surface area contributed by atoms with Gasteiger partial charge in [0.2, 0.25) is 0 Å². The smallest absolute Gasteiger partial charge is 0.309 e. The maximum absolute atomic E-state index is 11.9. The Morgan fingerprint density at radius 2 is 2.00 bits per heavy atom. The van der Waals surface area contributed by atoms with Crippen LogP contribution in [0.2, 0.25) is 0 Å². The van der Waals surface area contributed by atoms with E-state index in [1.165, 1.54) is 24.2 Å². The molecular formula is C17H25N3O3S. The number of rotatable bonds is 5. The molecule has 0 spiro atoms. The van der Waals surface area contributed by atoms with E-state index in [0.717, 1.165) is 32.0 Å². The molecule has 1 unspecified atom stereocenters. The highest BCUT2D eigenvalue weighted by Gasteiger charge is 2.27. The third-order valence-electron chi connectivity index (χ3n) is 4.83. The Balaban J connectivity index is 1.32. The second-order valence-corrected chi connectivity index (χ2v) is 7.62. The maximum Gasteiger partial charge on any atom is 0.309 e. The van der Waals surface area contributed by atoms with Crippen molar-refractivity contribution in [1.29, 1.82) is 0 Å². The number of hydrogen-bond donors (Lipinski definition) is 2. The molecule has 2 amide bonds. The summed E-state index contributed by atoms with van der Waals surface area (Å²) in [6.45, 7) is 3.03. The number of piperidine rings is 1. The first kappa shape index (κ1) is 17.4. The van der Waals surface area contributed by atoms with Crippen LogP contribution in [0.3, 0.4) is 0 Å². The lowest BCUT2D eigenvalue weighted by Crippen LogP contribution is -2.45. The first-order chi connectivity index (χ1) is 11.7. The molecule has 3 rings (SSSR count). The predicted octanol–water partition coefficient (Wildman–Crippen LogP) is 1.23. The van der Waals surface area contributed by atoms with E-state index in [1.807, 2.05) is 11.8 Å². The summed E-state index contributed by atoms with van der Waals surface area (Å²) < 4.78 is 5.12. The molecular weight excluding hydrogens is 326 g/mol. The van der Waals surface area contributed by atoms with Crippen molar-refractivity contribution >= 4 is 23.6 Å². The van der Waals surface area contributed by atoms with Crippen LogP contribution in [0.4, 0.5) is 0 Å². The first-order valence-electron chi connectivity index (χ1n) is 8.62. The van der Waals surface area contributed by atoms with Crippen molar-refractivity contribution in [3.63, 3.8) is 0 Å². The molecule has 0 saturated carbocycles. The fourth-order valence-corrected chi connectivity index (χ4v) is 4.57. The summed E-state index contributed by atoms with van der Waals surface area (Å²) in [5.74, 6) is 2.49. The van der Waals surface area contributed by atoms with Crippen LogP contribution < -0.4 is 10.6 Å². The van der Waals surface area contributed by atoms with Crippen molar-refractivity contribution in [2.45, 2.75) is 31.8 Å². The molecule has 2 aliphatic rings. The summed E-state index contributed by atoms with van der Waals surface area (Å²) in [5.41, 5.74) is 0. The molecule has 1 atom stereocenters. The second kappa shape index (κ2) is 8.58. The molecule has 2 N–H and O–H groups in total. The minimum absolute atomic E-state index is 0.233. The normalized spacial score (nSPS) is 22.4. The SMILES string of the molecule is O=C(NCc1ccco1)C(=O)NCC1CCN(C2CCSC2)CC1. The largest absolute Gasteiger partial charge is 0.467 e. The number of amides is 2. The van der Waals surface area contributed by atoms with Crippen LogP contribution in [-0.2, 0) is 16.1 Å². The molecule has 132 valence electrons. The third-order valence-corrected chi connectivity index (χ3v) is 5.98. The van der Waals surface area contributed by atoms with E-state index in [-0.39, 0.29) is 6.54 Å². The zero-order chi connectivity index (χ0) is 16.8. The molecule has 1 aromatic rings. The van der Waals surface area contributed by atoms with Gasteiger partial charge in [-0.3, -0.25) is 14.5 Å². The van der Waals surface area contributed by atoms with E-state index in [4.69, 9.17) is 4.42 Å². The Kier molecular flexibility index (Phi) is 6.20. The Hall–Kier alpha value is -1.47. The van der Waals surface area contributed by atoms with Crippen LogP contribution in [0.15, 0.2) is 22.8 Å². The number of thioether (sulfide) groups is 1. The molecule has 0 aliphatic carbocycles. The minimum Gasteiger partial charge on any atom is -0.467 e. The van der Waals surface area contributed by atoms with E-state index in [1.54, 1.807) is 12.1 Å². The molecule has 3 heterocycles. The zero-order valence-corrected chi connectivity index (χ0v) is 14.6. The number of hydrogen-bond acceptors (Lipinski definition) is 5. The van der Waals surface area contributed by atoms with Gasteiger partial charge in [-0.15, -0.1) is 0 Å². The molecule has 6 nitrogen and oxygen atoms in total. The number of carbonyl (C=O) groups excluding carboxylic acids is 2. The van der Waals surface area contributed by atoms with Gasteiger partial charge in [-0.25, -0.2) is 0 Å². The Bertz CT molecular complexity index is 535. The predicted molar refractivity (Wildman–Crippen MR) is 93.6 cm³/mol. The first-order valence-corrected chi connectivity index (χ1v) is 9.78. The van der Waals surface area contributed by atoms with Crippen LogP contribution in [0.25, 0.3) is 0 Å². The fourth-order valence-electron chi connectivity index (χ4n) is 3.31. The van der Waals surface area contributed by atoms with Crippen molar-refractivity contribution in [3.8, 4) is 0 Å². The van der Waals surface area contributed by atoms with Crippen LogP contribution >= 0.6 is 11.8 Å². The van der Waals surface area contributed by atoms with E-state index < -0.39 is 11.8 Å². The summed E-state index contributed by atoms with van der Waals surface area (Å²) in [6.07, 6.45) is 5.03. The van der Waals surface area contributed by atoms with Gasteiger partial charge in [0.25, 0.3) is 0 Å². The number of furan rings is 1. The highest BCUT2D eigenvalue weighted by atomic mass is 32.2. The van der Waals surface area contributed by atoms with E-state index in [9.17, 15) is 9.59 Å². The average molecular weight is 351 g/mol. The van der Waals surface area contributed by atoms with Gasteiger partial charge < -0.3 is 15.1 Å². The van der Waals surface area contributed by atoms with E-state index in [0.29, 0.717) is 18.2 Å². The topological polar surface area (TPSA) is 74.6 Å².